The maximum absolute atomic E-state index is 6.01. The van der Waals surface area contributed by atoms with Gasteiger partial charge in [-0.15, -0.1) is 0 Å². The fourth-order valence-electron chi connectivity index (χ4n) is 0.872. The Kier molecular flexibility index (Phi) is 6.34. The van der Waals surface area contributed by atoms with Gasteiger partial charge in [-0.3, -0.25) is 0 Å². The summed E-state index contributed by atoms with van der Waals surface area (Å²) in [6, 6.07) is 0. The van der Waals surface area contributed by atoms with Gasteiger partial charge >= 0.3 is 0 Å². The van der Waals surface area contributed by atoms with Crippen molar-refractivity contribution in [3.8, 4) is 0 Å². The van der Waals surface area contributed by atoms with E-state index in [0.717, 1.165) is 12.8 Å². The van der Waals surface area contributed by atoms with Crippen molar-refractivity contribution in [1.82, 2.24) is 0 Å². The summed E-state index contributed by atoms with van der Waals surface area (Å²) in [5.74, 6) is 0. The minimum Gasteiger partial charge on any atom is -0.382 e. The maximum Gasteiger partial charge on any atom is 0.0701 e. The molecule has 0 spiro atoms. The molecular weight excluding hydrogens is 154 g/mol. The fourth-order valence-corrected chi connectivity index (χ4v) is 0.872. The second kappa shape index (κ2) is 6.40. The molecule has 74 valence electrons. The van der Waals surface area contributed by atoms with E-state index in [2.05, 4.69) is 13.8 Å². The number of ether oxygens (including phenoxy) is 2. The van der Waals surface area contributed by atoms with Crippen LogP contribution in [0.2, 0.25) is 0 Å². The summed E-state index contributed by atoms with van der Waals surface area (Å²) in [6.45, 7) is 6.08. The van der Waals surface area contributed by atoms with Crippen LogP contribution in [0.25, 0.3) is 0 Å². The zero-order valence-corrected chi connectivity index (χ0v) is 8.43. The van der Waals surface area contributed by atoms with Crippen molar-refractivity contribution in [1.29, 1.82) is 0 Å². The van der Waals surface area contributed by atoms with Crippen LogP contribution in [0.3, 0.4) is 0 Å². The molecule has 0 aliphatic heterocycles. The molecule has 3 nitrogen and oxygen atoms in total. The smallest absolute Gasteiger partial charge is 0.0701 e. The average molecular weight is 175 g/mol. The summed E-state index contributed by atoms with van der Waals surface area (Å²) in [5.41, 5.74) is 5.87. The highest BCUT2D eigenvalue weighted by atomic mass is 16.5. The summed E-state index contributed by atoms with van der Waals surface area (Å²) in [7, 11) is 1.67. The van der Waals surface area contributed by atoms with Gasteiger partial charge in [0.2, 0.25) is 0 Å². The zero-order valence-electron chi connectivity index (χ0n) is 8.43. The average Bonchev–Trinajstić information content (AvgIpc) is 2.12. The van der Waals surface area contributed by atoms with Crippen molar-refractivity contribution in [2.24, 2.45) is 5.73 Å². The first-order chi connectivity index (χ1) is 5.68. The van der Waals surface area contributed by atoms with Gasteiger partial charge in [-0.2, -0.15) is 0 Å². The molecule has 0 bridgehead atoms. The van der Waals surface area contributed by atoms with Crippen molar-refractivity contribution in [3.05, 3.63) is 0 Å². The van der Waals surface area contributed by atoms with Crippen molar-refractivity contribution < 1.29 is 9.47 Å². The van der Waals surface area contributed by atoms with Crippen molar-refractivity contribution >= 4 is 0 Å². The Morgan fingerprint density at radius 1 is 1.17 bits per heavy atom. The van der Waals surface area contributed by atoms with E-state index in [0.29, 0.717) is 19.8 Å². The van der Waals surface area contributed by atoms with Crippen LogP contribution < -0.4 is 5.73 Å². The Morgan fingerprint density at radius 3 is 2.17 bits per heavy atom. The zero-order chi connectivity index (χ0) is 9.45. The molecule has 0 aromatic rings. The van der Waals surface area contributed by atoms with Gasteiger partial charge in [0.1, 0.15) is 0 Å². The molecule has 0 aromatic carbocycles. The summed E-state index contributed by atoms with van der Waals surface area (Å²) < 4.78 is 10.2. The quantitative estimate of drug-likeness (QED) is 0.591. The predicted octanol–water partition coefficient (Wildman–Crippen LogP) is 1.17. The molecule has 0 aromatic heterocycles. The third-order valence-electron chi connectivity index (χ3n) is 2.23. The van der Waals surface area contributed by atoms with E-state index in [1.165, 1.54) is 0 Å². The lowest BCUT2D eigenvalue weighted by atomic mass is 9.96. The van der Waals surface area contributed by atoms with Gasteiger partial charge in [-0.25, -0.2) is 0 Å². The third-order valence-corrected chi connectivity index (χ3v) is 2.23. The highest BCUT2D eigenvalue weighted by Crippen LogP contribution is 2.10. The number of rotatable bonds is 7. The Labute approximate surface area is 75.2 Å². The molecule has 2 N–H and O–H groups in total. The van der Waals surface area contributed by atoms with Crippen molar-refractivity contribution in [2.75, 3.05) is 26.9 Å². The van der Waals surface area contributed by atoms with E-state index in [9.17, 15) is 0 Å². The van der Waals surface area contributed by atoms with Crippen LogP contribution in [0.5, 0.6) is 0 Å². The largest absolute Gasteiger partial charge is 0.382 e. The van der Waals surface area contributed by atoms with E-state index >= 15 is 0 Å². The molecule has 0 amide bonds. The van der Waals surface area contributed by atoms with Crippen LogP contribution in [0.1, 0.15) is 26.7 Å². The van der Waals surface area contributed by atoms with E-state index in [-0.39, 0.29) is 5.54 Å². The fraction of sp³-hybridized carbons (Fsp3) is 1.00. The second-order valence-corrected chi connectivity index (χ2v) is 3.11. The van der Waals surface area contributed by atoms with Crippen molar-refractivity contribution in [2.45, 2.75) is 32.2 Å². The maximum atomic E-state index is 6.01. The summed E-state index contributed by atoms with van der Waals surface area (Å²) in [5, 5.41) is 0. The molecule has 0 saturated heterocycles. The highest BCUT2D eigenvalue weighted by molar-refractivity contribution is 4.80. The first-order valence-corrected chi connectivity index (χ1v) is 4.54. The van der Waals surface area contributed by atoms with E-state index in [1.54, 1.807) is 7.11 Å². The first-order valence-electron chi connectivity index (χ1n) is 4.54. The van der Waals surface area contributed by atoms with Gasteiger partial charge in [0.25, 0.3) is 0 Å². The lowest BCUT2D eigenvalue weighted by Gasteiger charge is -2.26. The van der Waals surface area contributed by atoms with Gasteiger partial charge in [0, 0.05) is 12.6 Å². The third kappa shape index (κ3) is 4.70. The molecule has 0 aliphatic carbocycles. The predicted molar refractivity (Wildman–Crippen MR) is 50.2 cm³/mol. The molecule has 0 saturated carbocycles. The van der Waals surface area contributed by atoms with E-state index in [1.807, 2.05) is 0 Å². The molecule has 0 heterocycles. The van der Waals surface area contributed by atoms with E-state index < -0.39 is 0 Å². The van der Waals surface area contributed by atoms with Crippen LogP contribution in [-0.2, 0) is 9.47 Å². The topological polar surface area (TPSA) is 44.5 Å². The summed E-state index contributed by atoms with van der Waals surface area (Å²) >= 11 is 0. The Hall–Kier alpha value is -0.120. The summed E-state index contributed by atoms with van der Waals surface area (Å²) in [4.78, 5) is 0. The van der Waals surface area contributed by atoms with Gasteiger partial charge in [0.15, 0.2) is 0 Å². The lowest BCUT2D eigenvalue weighted by molar-refractivity contribution is 0.0407. The molecule has 0 unspecified atom stereocenters. The van der Waals surface area contributed by atoms with Crippen molar-refractivity contribution in [3.63, 3.8) is 0 Å². The monoisotopic (exact) mass is 175 g/mol. The van der Waals surface area contributed by atoms with Crippen LogP contribution in [0.15, 0.2) is 0 Å². The van der Waals surface area contributed by atoms with Crippen LogP contribution >= 0.6 is 0 Å². The Morgan fingerprint density at radius 2 is 1.75 bits per heavy atom. The normalized spacial score (nSPS) is 12.0. The Balaban J connectivity index is 3.45. The molecule has 0 rings (SSSR count). The molecule has 0 fully saturated rings. The molecule has 0 radical (unpaired) electrons. The minimum atomic E-state index is -0.145. The van der Waals surface area contributed by atoms with Crippen LogP contribution in [0.4, 0.5) is 0 Å². The first kappa shape index (κ1) is 11.9. The molecule has 12 heavy (non-hydrogen) atoms. The Bertz CT molecular complexity index is 103. The molecular formula is C9H21NO2. The molecule has 3 heteroatoms. The number of hydrogen-bond donors (Lipinski definition) is 1. The molecule has 0 aliphatic rings. The standard InChI is InChI=1S/C9H21NO2/c1-4-9(10,5-2)8-12-7-6-11-3/h4-8,10H2,1-3H3. The van der Waals surface area contributed by atoms with E-state index in [4.69, 9.17) is 15.2 Å². The highest BCUT2D eigenvalue weighted by Gasteiger charge is 2.19. The number of hydrogen-bond acceptors (Lipinski definition) is 3. The van der Waals surface area contributed by atoms with Gasteiger partial charge in [0.05, 0.1) is 19.8 Å². The molecule has 0 atom stereocenters. The lowest BCUT2D eigenvalue weighted by Crippen LogP contribution is -2.43. The number of nitrogens with two attached hydrogens (primary N) is 1. The van der Waals surface area contributed by atoms with Gasteiger partial charge in [-0.1, -0.05) is 13.8 Å². The SMILES string of the molecule is CCC(N)(CC)COCCOC. The second-order valence-electron chi connectivity index (χ2n) is 3.11. The minimum absolute atomic E-state index is 0.145. The van der Waals surface area contributed by atoms with Crippen LogP contribution in [-0.4, -0.2) is 32.5 Å². The van der Waals surface area contributed by atoms with Gasteiger partial charge < -0.3 is 15.2 Å². The van der Waals surface area contributed by atoms with Crippen LogP contribution in [0, 0.1) is 0 Å². The van der Waals surface area contributed by atoms with Gasteiger partial charge in [-0.05, 0) is 12.8 Å². The number of methoxy groups -OCH3 is 1. The summed E-state index contributed by atoms with van der Waals surface area (Å²) in [6.07, 6.45) is 1.91.